The quantitative estimate of drug-likeness (QED) is 0.409. The molecule has 4 aromatic rings. The van der Waals surface area contributed by atoms with Gasteiger partial charge in [0.05, 0.1) is 28.6 Å². The number of benzene rings is 1. The monoisotopic (exact) mass is 533 g/mol. The van der Waals surface area contributed by atoms with Crippen molar-refractivity contribution in [2.45, 2.75) is 55.9 Å². The number of alkyl halides is 2. The molecular weight excluding hydrogens is 508 g/mol. The Morgan fingerprint density at radius 3 is 2.62 bits per heavy atom. The molecule has 3 aromatic heterocycles. The van der Waals surface area contributed by atoms with Crippen LogP contribution in [0.4, 0.5) is 8.78 Å². The van der Waals surface area contributed by atoms with E-state index in [1.807, 2.05) is 0 Å². The highest BCUT2D eigenvalue weighted by molar-refractivity contribution is 5.98. The van der Waals surface area contributed by atoms with E-state index in [4.69, 9.17) is 20.6 Å². The van der Waals surface area contributed by atoms with E-state index in [1.54, 1.807) is 60.2 Å². The molecule has 3 aliphatic rings. The van der Waals surface area contributed by atoms with E-state index in [2.05, 4.69) is 9.97 Å². The lowest BCUT2D eigenvalue weighted by Gasteiger charge is -2.48. The van der Waals surface area contributed by atoms with Gasteiger partial charge in [-0.05, 0) is 31.5 Å². The average molecular weight is 534 g/mol. The molecule has 2 atom stereocenters. The Balaban J connectivity index is 1.33. The predicted molar refractivity (Wildman–Crippen MR) is 134 cm³/mol. The maximum Gasteiger partial charge on any atom is 0.387 e. The molecule has 1 amide bonds. The summed E-state index contributed by atoms with van der Waals surface area (Å²) < 4.78 is 33.2. The van der Waals surface area contributed by atoms with Crippen molar-refractivity contribution < 1.29 is 23.4 Å². The fourth-order valence-corrected chi connectivity index (χ4v) is 6.56. The van der Waals surface area contributed by atoms with Crippen LogP contribution in [0.1, 0.15) is 71.1 Å². The summed E-state index contributed by atoms with van der Waals surface area (Å²) >= 11 is 0. The zero-order valence-electron chi connectivity index (χ0n) is 21.2. The van der Waals surface area contributed by atoms with E-state index >= 15 is 0 Å². The molecule has 3 N–H and O–H groups in total. The van der Waals surface area contributed by atoms with Gasteiger partial charge in [-0.15, -0.1) is 0 Å². The smallest absolute Gasteiger partial charge is 0.387 e. The summed E-state index contributed by atoms with van der Waals surface area (Å²) in [6.07, 6.45) is 6.32. The Bertz CT molecular complexity index is 1650. The van der Waals surface area contributed by atoms with Crippen molar-refractivity contribution in [2.24, 2.45) is 5.73 Å². The molecule has 2 aliphatic carbocycles. The molecule has 39 heavy (non-hydrogen) atoms. The number of ether oxygens (including phenoxy) is 1. The number of carbonyl (C=O) groups is 1. The fourth-order valence-electron chi connectivity index (χ4n) is 6.56. The van der Waals surface area contributed by atoms with Crippen molar-refractivity contribution >= 4 is 11.6 Å². The third-order valence-corrected chi connectivity index (χ3v) is 8.11. The molecule has 7 rings (SSSR count). The molecule has 12 heteroatoms. The maximum atomic E-state index is 13.3. The Labute approximate surface area is 221 Å². The zero-order chi connectivity index (χ0) is 27.3. The lowest BCUT2D eigenvalue weighted by molar-refractivity contribution is -0.0769. The van der Waals surface area contributed by atoms with Gasteiger partial charge in [-0.1, -0.05) is 6.07 Å². The van der Waals surface area contributed by atoms with Gasteiger partial charge in [0.2, 0.25) is 0 Å². The number of rotatable bonds is 4. The number of amides is 1. The second-order valence-corrected chi connectivity index (χ2v) is 11.0. The molecule has 10 nitrogen and oxygen atoms in total. The van der Waals surface area contributed by atoms with Crippen LogP contribution in [-0.2, 0) is 5.54 Å². The summed E-state index contributed by atoms with van der Waals surface area (Å²) in [6, 6.07) is 6.11. The Morgan fingerprint density at radius 2 is 1.92 bits per heavy atom. The molecule has 0 unspecified atom stereocenters. The van der Waals surface area contributed by atoms with Crippen molar-refractivity contribution in [2.75, 3.05) is 7.05 Å². The number of carbonyl (C=O) groups excluding carboxylic acids is 1. The highest BCUT2D eigenvalue weighted by Gasteiger charge is 2.51. The van der Waals surface area contributed by atoms with E-state index in [1.165, 1.54) is 6.07 Å². The number of hydrogen-bond acceptors (Lipinski definition) is 8. The summed E-state index contributed by atoms with van der Waals surface area (Å²) in [5.74, 6) is -0.236. The van der Waals surface area contributed by atoms with Crippen LogP contribution in [0.15, 0.2) is 42.9 Å². The van der Waals surface area contributed by atoms with Crippen LogP contribution in [0.3, 0.4) is 0 Å². The van der Waals surface area contributed by atoms with Crippen LogP contribution in [0, 0.1) is 0 Å². The molecule has 1 aromatic carbocycles. The van der Waals surface area contributed by atoms with Gasteiger partial charge < -0.3 is 20.5 Å². The summed E-state index contributed by atoms with van der Waals surface area (Å²) in [4.78, 5) is 28.7. The highest BCUT2D eigenvalue weighted by atomic mass is 19.3. The van der Waals surface area contributed by atoms with Gasteiger partial charge in [0.25, 0.3) is 5.91 Å². The standard InChI is InChI=1S/C27H25F2N7O3/c1-26(38)11-27(30,12-26)24-31-9-13(10-32-24)16-6-7-36-22(33-16)20-15-8-17(21(20)34-36)35(2)23(37)14-4-3-5-18(19(14)15)39-25(28)29/h3-7,9-10,15,17,25,38H,8,11-12,30H2,1-2H3/t15-,17-,26?,27?/m1/s1. The lowest BCUT2D eigenvalue weighted by Crippen LogP contribution is -2.59. The van der Waals surface area contributed by atoms with E-state index in [9.17, 15) is 18.7 Å². The number of halogens is 2. The fraction of sp³-hybridized carbons (Fsp3) is 0.370. The average Bonchev–Trinajstić information content (AvgIpc) is 3.40. The molecule has 0 radical (unpaired) electrons. The lowest BCUT2D eigenvalue weighted by atomic mass is 9.66. The largest absolute Gasteiger partial charge is 0.434 e. The predicted octanol–water partition coefficient (Wildman–Crippen LogP) is 3.15. The van der Waals surface area contributed by atoms with Gasteiger partial charge in [0.1, 0.15) is 11.6 Å². The molecular formula is C27H25F2N7O3. The van der Waals surface area contributed by atoms with Gasteiger partial charge in [-0.2, -0.15) is 13.9 Å². The first-order valence-electron chi connectivity index (χ1n) is 12.6. The molecule has 200 valence electrons. The molecule has 0 spiro atoms. The summed E-state index contributed by atoms with van der Waals surface area (Å²) in [5, 5.41) is 14.9. The molecule has 4 heterocycles. The molecule has 1 saturated carbocycles. The molecule has 1 aliphatic heterocycles. The first-order valence-corrected chi connectivity index (χ1v) is 12.6. The number of nitrogens with zero attached hydrogens (tertiary/aromatic N) is 6. The summed E-state index contributed by atoms with van der Waals surface area (Å²) in [6.45, 7) is -1.29. The van der Waals surface area contributed by atoms with Crippen molar-refractivity contribution in [3.05, 3.63) is 71.1 Å². The minimum atomic E-state index is -3.03. The SMILES string of the molecule is CN1C(=O)c2cccc(OC(F)F)c2[C@H]2C[C@@H]1c1nn3ccc(-c4cnc(C5(N)CC(C)(O)C5)nc4)nc3c12. The second kappa shape index (κ2) is 7.99. The van der Waals surface area contributed by atoms with Crippen LogP contribution in [0.5, 0.6) is 5.75 Å². The van der Waals surface area contributed by atoms with E-state index in [0.29, 0.717) is 58.8 Å². The van der Waals surface area contributed by atoms with Crippen molar-refractivity contribution in [3.8, 4) is 17.0 Å². The van der Waals surface area contributed by atoms with Crippen molar-refractivity contribution in [1.82, 2.24) is 29.5 Å². The Hall–Kier alpha value is -4.03. The van der Waals surface area contributed by atoms with Gasteiger partial charge in [0, 0.05) is 66.7 Å². The number of aromatic nitrogens is 5. The molecule has 1 fully saturated rings. The van der Waals surface area contributed by atoms with Crippen molar-refractivity contribution in [3.63, 3.8) is 0 Å². The van der Waals surface area contributed by atoms with Crippen LogP contribution < -0.4 is 10.5 Å². The van der Waals surface area contributed by atoms with E-state index in [0.717, 1.165) is 5.56 Å². The van der Waals surface area contributed by atoms with Crippen LogP contribution >= 0.6 is 0 Å². The normalized spacial score (nSPS) is 27.4. The van der Waals surface area contributed by atoms with Crippen LogP contribution in [0.25, 0.3) is 16.9 Å². The maximum absolute atomic E-state index is 13.3. The highest BCUT2D eigenvalue weighted by Crippen LogP contribution is 2.53. The number of fused-ring (bicyclic) bond motifs is 9. The topological polar surface area (TPSA) is 132 Å². The Kier molecular flexibility index (Phi) is 4.93. The Morgan fingerprint density at radius 1 is 1.18 bits per heavy atom. The number of aliphatic hydroxyl groups is 1. The second-order valence-electron chi connectivity index (χ2n) is 11.0. The van der Waals surface area contributed by atoms with E-state index < -0.39 is 23.7 Å². The molecule has 0 saturated heterocycles. The first kappa shape index (κ1) is 24.0. The molecule has 2 bridgehead atoms. The third kappa shape index (κ3) is 3.54. The summed E-state index contributed by atoms with van der Waals surface area (Å²) in [7, 11) is 1.70. The van der Waals surface area contributed by atoms with Gasteiger partial charge in [-0.25, -0.2) is 19.5 Å². The summed E-state index contributed by atoms with van der Waals surface area (Å²) in [5.41, 5.74) is 8.84. The van der Waals surface area contributed by atoms with Gasteiger partial charge in [0.15, 0.2) is 5.65 Å². The third-order valence-electron chi connectivity index (χ3n) is 8.11. The zero-order valence-corrected chi connectivity index (χ0v) is 21.2. The number of nitrogens with two attached hydrogens (primary N) is 1. The van der Waals surface area contributed by atoms with Crippen LogP contribution in [0.2, 0.25) is 0 Å². The van der Waals surface area contributed by atoms with Crippen molar-refractivity contribution in [1.29, 1.82) is 0 Å². The minimum Gasteiger partial charge on any atom is -0.434 e. The minimum absolute atomic E-state index is 0.0204. The van der Waals surface area contributed by atoms with Gasteiger partial charge in [-0.3, -0.25) is 4.79 Å². The first-order chi connectivity index (χ1) is 18.5. The van der Waals surface area contributed by atoms with Crippen LogP contribution in [-0.4, -0.2) is 59.7 Å². The van der Waals surface area contributed by atoms with Gasteiger partial charge >= 0.3 is 6.61 Å². The van der Waals surface area contributed by atoms with E-state index in [-0.39, 0.29) is 17.7 Å². The number of hydrogen-bond donors (Lipinski definition) is 2.